The van der Waals surface area contributed by atoms with Crippen LogP contribution in [-0.2, 0) is 19.7 Å². The number of rotatable bonds is 4. The molecule has 2 amide bonds. The van der Waals surface area contributed by atoms with Crippen LogP contribution < -0.4 is 5.32 Å². The van der Waals surface area contributed by atoms with Gasteiger partial charge in [-0.3, -0.25) is 9.59 Å². The van der Waals surface area contributed by atoms with E-state index in [1.807, 2.05) is 29.2 Å². The first kappa shape index (κ1) is 17.2. The summed E-state index contributed by atoms with van der Waals surface area (Å²) < 4.78 is 5.50. The number of carbonyl (C=O) groups is 2. The van der Waals surface area contributed by atoms with E-state index in [-0.39, 0.29) is 24.3 Å². The fraction of sp³-hybridized carbons (Fsp3) is 0.556. The van der Waals surface area contributed by atoms with Crippen LogP contribution in [0.25, 0.3) is 0 Å². The van der Waals surface area contributed by atoms with Gasteiger partial charge >= 0.3 is 0 Å². The van der Waals surface area contributed by atoms with Gasteiger partial charge < -0.3 is 15.0 Å². The first-order valence-corrected chi connectivity index (χ1v) is 8.80. The molecule has 2 fully saturated rings. The molecule has 1 aliphatic heterocycles. The Bertz CT molecular complexity index is 613. The minimum Gasteiger partial charge on any atom is -0.377 e. The molecule has 0 spiro atoms. The number of morpholine rings is 1. The molecule has 1 N–H and O–H groups in total. The van der Waals surface area contributed by atoms with Gasteiger partial charge in [0.1, 0.15) is 0 Å². The molecule has 6 heteroatoms. The van der Waals surface area contributed by atoms with Crippen molar-refractivity contribution in [1.29, 1.82) is 0 Å². The summed E-state index contributed by atoms with van der Waals surface area (Å²) in [6.45, 7) is 1.47. The van der Waals surface area contributed by atoms with Crippen molar-refractivity contribution in [2.24, 2.45) is 0 Å². The van der Waals surface area contributed by atoms with Gasteiger partial charge in [0.2, 0.25) is 11.8 Å². The van der Waals surface area contributed by atoms with E-state index in [4.69, 9.17) is 16.3 Å². The van der Waals surface area contributed by atoms with E-state index >= 15 is 0 Å². The fourth-order valence-corrected chi connectivity index (χ4v) is 3.73. The van der Waals surface area contributed by atoms with Crippen LogP contribution in [0, 0.1) is 0 Å². The van der Waals surface area contributed by atoms with Crippen molar-refractivity contribution in [3.05, 3.63) is 34.9 Å². The van der Waals surface area contributed by atoms with Crippen molar-refractivity contribution in [3.63, 3.8) is 0 Å². The smallest absolute Gasteiger partial charge is 0.233 e. The molecule has 1 aliphatic carbocycles. The summed E-state index contributed by atoms with van der Waals surface area (Å²) in [7, 11) is 1.61. The van der Waals surface area contributed by atoms with Crippen LogP contribution >= 0.6 is 11.6 Å². The van der Waals surface area contributed by atoms with Gasteiger partial charge in [-0.1, -0.05) is 30.2 Å². The Balaban J connectivity index is 1.84. The van der Waals surface area contributed by atoms with Crippen LogP contribution in [0.2, 0.25) is 5.02 Å². The maximum absolute atomic E-state index is 13.4. The largest absolute Gasteiger partial charge is 0.377 e. The third-order valence-electron chi connectivity index (χ3n) is 5.20. The van der Waals surface area contributed by atoms with Crippen LogP contribution in [0.1, 0.15) is 31.2 Å². The highest BCUT2D eigenvalue weighted by atomic mass is 35.5. The van der Waals surface area contributed by atoms with E-state index in [2.05, 4.69) is 5.32 Å². The molecule has 24 heavy (non-hydrogen) atoms. The molecule has 5 nitrogen and oxygen atoms in total. The molecule has 0 unspecified atom stereocenters. The third kappa shape index (κ3) is 3.15. The summed E-state index contributed by atoms with van der Waals surface area (Å²) in [5, 5.41) is 3.30. The molecule has 1 saturated carbocycles. The highest BCUT2D eigenvalue weighted by Crippen LogP contribution is 2.46. The third-order valence-corrected chi connectivity index (χ3v) is 5.45. The molecule has 1 atom stereocenters. The number of ether oxygens (including phenoxy) is 1. The van der Waals surface area contributed by atoms with Gasteiger partial charge in [-0.15, -0.1) is 0 Å². The number of hydrogen-bond donors (Lipinski definition) is 1. The topological polar surface area (TPSA) is 58.6 Å². The van der Waals surface area contributed by atoms with Crippen LogP contribution in [0.3, 0.4) is 0 Å². The van der Waals surface area contributed by atoms with Crippen LogP contribution in [0.5, 0.6) is 0 Å². The van der Waals surface area contributed by atoms with Crippen molar-refractivity contribution >= 4 is 23.4 Å². The van der Waals surface area contributed by atoms with Gasteiger partial charge in [-0.25, -0.2) is 0 Å². The van der Waals surface area contributed by atoms with E-state index < -0.39 is 5.41 Å². The maximum atomic E-state index is 13.4. The summed E-state index contributed by atoms with van der Waals surface area (Å²) in [6.07, 6.45) is 3.01. The lowest BCUT2D eigenvalue weighted by atomic mass is 9.63. The van der Waals surface area contributed by atoms with Gasteiger partial charge in [-0.05, 0) is 30.5 Å². The lowest BCUT2D eigenvalue weighted by Gasteiger charge is -2.47. The van der Waals surface area contributed by atoms with Gasteiger partial charge in [-0.2, -0.15) is 0 Å². The number of benzene rings is 1. The average Bonchev–Trinajstić information content (AvgIpc) is 2.55. The second kappa shape index (κ2) is 7.11. The summed E-state index contributed by atoms with van der Waals surface area (Å²) in [5.74, 6) is 0.0470. The van der Waals surface area contributed by atoms with Crippen molar-refractivity contribution in [2.45, 2.75) is 37.1 Å². The Labute approximate surface area is 147 Å². The standard InChI is InChI=1S/C18H23ClN2O3/c1-20-16(22)11-15-12-24-10-9-21(15)17(23)18(7-2-8-18)13-3-5-14(19)6-4-13/h3-6,15H,2,7-12H2,1H3,(H,20,22)/t15-/m1/s1. The van der Waals surface area contributed by atoms with Gasteiger partial charge in [0.05, 0.1) is 24.7 Å². The molecule has 0 radical (unpaired) electrons. The van der Waals surface area contributed by atoms with Crippen molar-refractivity contribution in [1.82, 2.24) is 10.2 Å². The molecule has 1 saturated heterocycles. The monoisotopic (exact) mass is 350 g/mol. The quantitative estimate of drug-likeness (QED) is 0.905. The van der Waals surface area contributed by atoms with Crippen LogP contribution in [0.15, 0.2) is 24.3 Å². The lowest BCUT2D eigenvalue weighted by Crippen LogP contribution is -2.58. The molecule has 1 heterocycles. The molecule has 130 valence electrons. The SMILES string of the molecule is CNC(=O)C[C@@H]1COCCN1C(=O)C1(c2ccc(Cl)cc2)CCC1. The van der Waals surface area contributed by atoms with Crippen molar-refractivity contribution in [2.75, 3.05) is 26.8 Å². The highest BCUT2D eigenvalue weighted by molar-refractivity contribution is 6.30. The van der Waals surface area contributed by atoms with E-state index in [1.165, 1.54) is 0 Å². The summed E-state index contributed by atoms with van der Waals surface area (Å²) in [5.41, 5.74) is 0.552. The Hall–Kier alpha value is -1.59. The Morgan fingerprint density at radius 3 is 2.62 bits per heavy atom. The Kier molecular flexibility index (Phi) is 5.11. The minimum absolute atomic E-state index is 0.0718. The highest BCUT2D eigenvalue weighted by Gasteiger charge is 2.49. The molecule has 0 aromatic heterocycles. The first-order valence-electron chi connectivity index (χ1n) is 8.42. The fourth-order valence-electron chi connectivity index (χ4n) is 3.61. The van der Waals surface area contributed by atoms with Crippen LogP contribution in [-0.4, -0.2) is 49.6 Å². The molecule has 3 rings (SSSR count). The summed E-state index contributed by atoms with van der Waals surface area (Å²) in [6, 6.07) is 7.38. The number of amides is 2. The number of nitrogens with one attached hydrogen (secondary N) is 1. The zero-order valence-electron chi connectivity index (χ0n) is 13.9. The van der Waals surface area contributed by atoms with E-state index in [0.29, 0.717) is 24.8 Å². The number of hydrogen-bond acceptors (Lipinski definition) is 3. The molecule has 1 aromatic carbocycles. The Morgan fingerprint density at radius 1 is 1.33 bits per heavy atom. The predicted octanol–water partition coefficient (Wildman–Crippen LogP) is 2.13. The van der Waals surface area contributed by atoms with E-state index in [0.717, 1.165) is 24.8 Å². The number of carbonyl (C=O) groups excluding carboxylic acids is 2. The second-order valence-electron chi connectivity index (χ2n) is 6.55. The van der Waals surface area contributed by atoms with Gasteiger partial charge in [0.15, 0.2) is 0 Å². The minimum atomic E-state index is -0.469. The van der Waals surface area contributed by atoms with Crippen molar-refractivity contribution < 1.29 is 14.3 Å². The summed E-state index contributed by atoms with van der Waals surface area (Å²) in [4.78, 5) is 27.0. The average molecular weight is 351 g/mol. The number of halogens is 1. The van der Waals surface area contributed by atoms with Crippen molar-refractivity contribution in [3.8, 4) is 0 Å². The number of nitrogens with zero attached hydrogens (tertiary/aromatic N) is 1. The molecule has 0 bridgehead atoms. The normalized spacial score (nSPS) is 22.6. The lowest BCUT2D eigenvalue weighted by molar-refractivity contribution is -0.150. The molecular formula is C18H23ClN2O3. The zero-order valence-corrected chi connectivity index (χ0v) is 14.6. The predicted molar refractivity (Wildman–Crippen MR) is 92.0 cm³/mol. The summed E-state index contributed by atoms with van der Waals surface area (Å²) >= 11 is 5.99. The first-order chi connectivity index (χ1) is 11.6. The molecular weight excluding hydrogens is 328 g/mol. The molecule has 1 aromatic rings. The van der Waals surface area contributed by atoms with Gasteiger partial charge in [0.25, 0.3) is 0 Å². The second-order valence-corrected chi connectivity index (χ2v) is 6.98. The zero-order chi connectivity index (χ0) is 17.2. The van der Waals surface area contributed by atoms with Crippen LogP contribution in [0.4, 0.5) is 0 Å². The van der Waals surface area contributed by atoms with Gasteiger partial charge in [0, 0.05) is 25.0 Å². The van der Waals surface area contributed by atoms with E-state index in [1.54, 1.807) is 7.05 Å². The Morgan fingerprint density at radius 2 is 2.04 bits per heavy atom. The molecule has 2 aliphatic rings. The maximum Gasteiger partial charge on any atom is 0.233 e. The van der Waals surface area contributed by atoms with E-state index in [9.17, 15) is 9.59 Å².